The van der Waals surface area contributed by atoms with Gasteiger partial charge in [0.2, 0.25) is 0 Å². The van der Waals surface area contributed by atoms with Gasteiger partial charge in [0.15, 0.2) is 5.44 Å². The molecule has 0 fully saturated rings. The number of rotatable bonds is 5. The molecule has 1 unspecified atom stereocenters. The highest BCUT2D eigenvalue weighted by atomic mass is 32.2. The Morgan fingerprint density at radius 3 is 2.74 bits per heavy atom. The minimum Gasteiger partial charge on any atom is -0.448 e. The smallest absolute Gasteiger partial charge is 0.331 e. The van der Waals surface area contributed by atoms with Crippen molar-refractivity contribution in [1.82, 2.24) is 0 Å². The van der Waals surface area contributed by atoms with Gasteiger partial charge >= 0.3 is 5.97 Å². The molecular weight excluding hydrogens is 256 g/mol. The summed E-state index contributed by atoms with van der Waals surface area (Å²) in [7, 11) is 0. The Morgan fingerprint density at radius 1 is 1.32 bits per heavy atom. The Morgan fingerprint density at radius 2 is 2.05 bits per heavy atom. The average Bonchev–Trinajstić information content (AvgIpc) is 2.46. The standard InChI is InChI=1S/C16H16O2S/c1-3-15(17)18-16(4-2)19-14-10-9-12-7-5-6-8-13(12)11-14/h3,5-11,16H,1,4H2,2H3. The van der Waals surface area contributed by atoms with Crippen LogP contribution in [0.3, 0.4) is 0 Å². The maximum Gasteiger partial charge on any atom is 0.331 e. The first-order valence-corrected chi connectivity index (χ1v) is 7.09. The Bertz CT molecular complexity index is 592. The second kappa shape index (κ2) is 6.43. The number of hydrogen-bond donors (Lipinski definition) is 0. The van der Waals surface area contributed by atoms with Gasteiger partial charge in [-0.3, -0.25) is 0 Å². The molecule has 0 saturated heterocycles. The van der Waals surface area contributed by atoms with Crippen molar-refractivity contribution in [3.63, 3.8) is 0 Å². The highest BCUT2D eigenvalue weighted by Crippen LogP contribution is 2.29. The van der Waals surface area contributed by atoms with Crippen LogP contribution in [0.5, 0.6) is 0 Å². The van der Waals surface area contributed by atoms with E-state index in [0.29, 0.717) is 0 Å². The lowest BCUT2D eigenvalue weighted by molar-refractivity contribution is -0.139. The number of carbonyl (C=O) groups is 1. The fourth-order valence-electron chi connectivity index (χ4n) is 1.76. The molecule has 19 heavy (non-hydrogen) atoms. The summed E-state index contributed by atoms with van der Waals surface area (Å²) in [4.78, 5) is 12.3. The largest absolute Gasteiger partial charge is 0.448 e. The van der Waals surface area contributed by atoms with Crippen LogP contribution in [0, 0.1) is 0 Å². The van der Waals surface area contributed by atoms with Gasteiger partial charge in [0.1, 0.15) is 0 Å². The quantitative estimate of drug-likeness (QED) is 0.349. The van der Waals surface area contributed by atoms with E-state index in [4.69, 9.17) is 4.74 Å². The van der Waals surface area contributed by atoms with Crippen molar-refractivity contribution in [1.29, 1.82) is 0 Å². The molecule has 0 heterocycles. The zero-order chi connectivity index (χ0) is 13.7. The van der Waals surface area contributed by atoms with Crippen molar-refractivity contribution >= 4 is 28.5 Å². The van der Waals surface area contributed by atoms with E-state index in [1.54, 1.807) is 11.8 Å². The maximum atomic E-state index is 11.2. The third kappa shape index (κ3) is 3.61. The molecule has 0 saturated carbocycles. The highest BCUT2D eigenvalue weighted by Gasteiger charge is 2.12. The van der Waals surface area contributed by atoms with Crippen LogP contribution in [0.25, 0.3) is 10.8 Å². The van der Waals surface area contributed by atoms with E-state index in [1.807, 2.05) is 19.1 Å². The monoisotopic (exact) mass is 272 g/mol. The third-order valence-corrected chi connectivity index (χ3v) is 3.95. The molecule has 2 aromatic carbocycles. The molecule has 0 bridgehead atoms. The molecule has 0 amide bonds. The van der Waals surface area contributed by atoms with Crippen LogP contribution < -0.4 is 0 Å². The Labute approximate surface area is 117 Å². The molecule has 0 N–H and O–H groups in total. The lowest BCUT2D eigenvalue weighted by atomic mass is 10.1. The van der Waals surface area contributed by atoms with Crippen LogP contribution in [-0.2, 0) is 9.53 Å². The lowest BCUT2D eigenvalue weighted by Gasteiger charge is -2.14. The zero-order valence-corrected chi connectivity index (χ0v) is 11.7. The fraction of sp³-hybridized carbons (Fsp3) is 0.188. The average molecular weight is 272 g/mol. The maximum absolute atomic E-state index is 11.2. The minimum atomic E-state index is -0.375. The van der Waals surface area contributed by atoms with Gasteiger partial charge in [-0.25, -0.2) is 4.79 Å². The van der Waals surface area contributed by atoms with Crippen LogP contribution in [0.4, 0.5) is 0 Å². The van der Waals surface area contributed by atoms with Crippen molar-refractivity contribution in [3.8, 4) is 0 Å². The van der Waals surface area contributed by atoms with Gasteiger partial charge in [0, 0.05) is 11.0 Å². The Kier molecular flexibility index (Phi) is 4.63. The van der Waals surface area contributed by atoms with E-state index in [-0.39, 0.29) is 11.4 Å². The van der Waals surface area contributed by atoms with Crippen LogP contribution in [-0.4, -0.2) is 11.4 Å². The number of esters is 1. The first-order valence-electron chi connectivity index (χ1n) is 6.21. The molecule has 98 valence electrons. The summed E-state index contributed by atoms with van der Waals surface area (Å²) in [5.41, 5.74) is -0.174. The molecule has 1 atom stereocenters. The summed E-state index contributed by atoms with van der Waals surface area (Å²) in [6, 6.07) is 14.5. The molecule has 3 heteroatoms. The molecule has 0 aromatic heterocycles. The number of benzene rings is 2. The van der Waals surface area contributed by atoms with Gasteiger partial charge in [-0.15, -0.1) is 0 Å². The van der Waals surface area contributed by atoms with Crippen LogP contribution in [0.1, 0.15) is 13.3 Å². The Hall–Kier alpha value is -1.74. The van der Waals surface area contributed by atoms with Gasteiger partial charge in [-0.1, -0.05) is 55.6 Å². The molecule has 0 aliphatic carbocycles. The van der Waals surface area contributed by atoms with E-state index in [2.05, 4.69) is 36.9 Å². The van der Waals surface area contributed by atoms with Gasteiger partial charge in [0.25, 0.3) is 0 Å². The van der Waals surface area contributed by atoms with Crippen molar-refractivity contribution in [3.05, 3.63) is 55.1 Å². The topological polar surface area (TPSA) is 26.3 Å². The summed E-state index contributed by atoms with van der Waals surface area (Å²) in [5.74, 6) is -0.375. The van der Waals surface area contributed by atoms with Crippen molar-refractivity contribution < 1.29 is 9.53 Å². The predicted molar refractivity (Wildman–Crippen MR) is 80.2 cm³/mol. The van der Waals surface area contributed by atoms with Crippen LogP contribution in [0.2, 0.25) is 0 Å². The first kappa shape index (κ1) is 13.7. The molecule has 0 aliphatic rings. The van der Waals surface area contributed by atoms with Gasteiger partial charge in [-0.2, -0.15) is 0 Å². The molecule has 2 nitrogen and oxygen atoms in total. The van der Waals surface area contributed by atoms with E-state index in [9.17, 15) is 4.79 Å². The normalized spacial score (nSPS) is 12.1. The molecule has 2 aromatic rings. The SMILES string of the molecule is C=CC(=O)OC(CC)Sc1ccc2ccccc2c1. The minimum absolute atomic E-state index is 0.174. The predicted octanol–water partition coefficient (Wildman–Crippen LogP) is 4.40. The number of fused-ring (bicyclic) bond motifs is 1. The summed E-state index contributed by atoms with van der Waals surface area (Å²) >= 11 is 1.56. The molecule has 2 rings (SSSR count). The van der Waals surface area contributed by atoms with Crippen molar-refractivity contribution in [2.24, 2.45) is 0 Å². The van der Waals surface area contributed by atoms with E-state index < -0.39 is 0 Å². The van der Waals surface area contributed by atoms with E-state index in [0.717, 1.165) is 11.3 Å². The highest BCUT2D eigenvalue weighted by molar-refractivity contribution is 7.99. The second-order valence-corrected chi connectivity index (χ2v) is 5.34. The fourth-order valence-corrected chi connectivity index (χ4v) is 2.72. The molecular formula is C16H16O2S. The van der Waals surface area contributed by atoms with Gasteiger partial charge in [0.05, 0.1) is 0 Å². The molecule has 0 spiro atoms. The third-order valence-electron chi connectivity index (χ3n) is 2.74. The van der Waals surface area contributed by atoms with Gasteiger partial charge in [-0.05, 0) is 29.3 Å². The number of carbonyl (C=O) groups excluding carboxylic acids is 1. The summed E-state index contributed by atoms with van der Waals surface area (Å²) in [6.07, 6.45) is 1.96. The second-order valence-electron chi connectivity index (χ2n) is 4.11. The van der Waals surface area contributed by atoms with Crippen LogP contribution in [0.15, 0.2) is 60.0 Å². The number of ether oxygens (including phenoxy) is 1. The molecule has 0 aliphatic heterocycles. The summed E-state index contributed by atoms with van der Waals surface area (Å²) in [6.45, 7) is 5.41. The van der Waals surface area contributed by atoms with Crippen molar-refractivity contribution in [2.45, 2.75) is 23.7 Å². The number of thioether (sulfide) groups is 1. The summed E-state index contributed by atoms with van der Waals surface area (Å²) in [5, 5.41) is 2.40. The zero-order valence-electron chi connectivity index (χ0n) is 10.8. The van der Waals surface area contributed by atoms with Crippen molar-refractivity contribution in [2.75, 3.05) is 0 Å². The molecule has 0 radical (unpaired) electrons. The van der Waals surface area contributed by atoms with E-state index in [1.165, 1.54) is 16.8 Å². The number of hydrogen-bond acceptors (Lipinski definition) is 3. The lowest BCUT2D eigenvalue weighted by Crippen LogP contribution is -2.11. The van der Waals surface area contributed by atoms with Gasteiger partial charge < -0.3 is 4.74 Å². The first-order chi connectivity index (χ1) is 9.22. The van der Waals surface area contributed by atoms with E-state index >= 15 is 0 Å². The Balaban J connectivity index is 2.15. The van der Waals surface area contributed by atoms with Crippen LogP contribution >= 0.6 is 11.8 Å². The summed E-state index contributed by atoms with van der Waals surface area (Å²) < 4.78 is 5.27.